The first-order valence-electron chi connectivity index (χ1n) is 12.9. The molecule has 0 radical (unpaired) electrons. The molecule has 0 amide bonds. The Morgan fingerprint density at radius 1 is 0.800 bits per heavy atom. The molecule has 3 aromatic carbocycles. The van der Waals surface area contributed by atoms with Crippen LogP contribution in [0.25, 0.3) is 11.1 Å². The smallest absolute Gasteiger partial charge is 0.165 e. The van der Waals surface area contributed by atoms with Crippen molar-refractivity contribution in [1.82, 2.24) is 0 Å². The van der Waals surface area contributed by atoms with Crippen LogP contribution in [0.4, 0.5) is 13.2 Å². The zero-order valence-corrected chi connectivity index (χ0v) is 20.8. The minimum atomic E-state index is -0.700. The van der Waals surface area contributed by atoms with Crippen LogP contribution in [0.2, 0.25) is 0 Å². The van der Waals surface area contributed by atoms with E-state index in [9.17, 15) is 13.2 Å². The van der Waals surface area contributed by atoms with Crippen LogP contribution in [-0.2, 0) is 12.8 Å². The summed E-state index contributed by atoms with van der Waals surface area (Å²) in [4.78, 5) is 0. The van der Waals surface area contributed by atoms with Crippen LogP contribution in [0.5, 0.6) is 5.75 Å². The van der Waals surface area contributed by atoms with E-state index < -0.39 is 11.6 Å². The molecule has 0 aliphatic heterocycles. The second-order valence-corrected chi connectivity index (χ2v) is 9.94. The minimum absolute atomic E-state index is 0.129. The van der Waals surface area contributed by atoms with Gasteiger partial charge in [0.2, 0.25) is 0 Å². The van der Waals surface area contributed by atoms with Gasteiger partial charge in [-0.05, 0) is 83.9 Å². The van der Waals surface area contributed by atoms with Crippen molar-refractivity contribution in [2.75, 3.05) is 6.61 Å². The second kappa shape index (κ2) is 11.8. The zero-order valence-electron chi connectivity index (χ0n) is 20.8. The summed E-state index contributed by atoms with van der Waals surface area (Å²) in [6.45, 7) is 4.80. The first-order valence-corrected chi connectivity index (χ1v) is 12.9. The predicted molar refractivity (Wildman–Crippen MR) is 136 cm³/mol. The molecule has 4 rings (SSSR count). The highest BCUT2D eigenvalue weighted by molar-refractivity contribution is 5.64. The fourth-order valence-corrected chi connectivity index (χ4v) is 4.95. The minimum Gasteiger partial charge on any atom is -0.491 e. The van der Waals surface area contributed by atoms with Crippen LogP contribution in [0.3, 0.4) is 0 Å². The van der Waals surface area contributed by atoms with Gasteiger partial charge < -0.3 is 4.74 Å². The Bertz CT molecular complexity index is 1110. The van der Waals surface area contributed by atoms with Gasteiger partial charge in [-0.3, -0.25) is 0 Å². The molecule has 0 unspecified atom stereocenters. The number of ether oxygens (including phenoxy) is 1. The van der Waals surface area contributed by atoms with Crippen LogP contribution in [0.15, 0.2) is 54.6 Å². The van der Waals surface area contributed by atoms with Gasteiger partial charge in [0, 0.05) is 0 Å². The summed E-state index contributed by atoms with van der Waals surface area (Å²) < 4.78 is 49.6. The Morgan fingerprint density at radius 2 is 1.51 bits per heavy atom. The average molecular weight is 481 g/mol. The van der Waals surface area contributed by atoms with Crippen molar-refractivity contribution < 1.29 is 17.9 Å². The number of rotatable bonds is 9. The Hall–Kier alpha value is -2.75. The van der Waals surface area contributed by atoms with E-state index in [4.69, 9.17) is 4.74 Å². The molecule has 35 heavy (non-hydrogen) atoms. The van der Waals surface area contributed by atoms with Crippen molar-refractivity contribution in [2.45, 2.75) is 71.1 Å². The van der Waals surface area contributed by atoms with Crippen molar-refractivity contribution in [3.05, 3.63) is 88.7 Å². The maximum atomic E-state index is 14.8. The highest BCUT2D eigenvalue weighted by atomic mass is 19.2. The summed E-state index contributed by atoms with van der Waals surface area (Å²) in [5.41, 5.74) is 3.66. The van der Waals surface area contributed by atoms with Crippen LogP contribution in [0, 0.1) is 23.4 Å². The first-order chi connectivity index (χ1) is 17.0. The normalized spacial score (nSPS) is 18.0. The number of unbranched alkanes of at least 4 members (excludes halogenated alkanes) is 1. The topological polar surface area (TPSA) is 9.23 Å². The van der Waals surface area contributed by atoms with E-state index in [0.717, 1.165) is 55.2 Å². The number of benzene rings is 3. The maximum Gasteiger partial charge on any atom is 0.165 e. The highest BCUT2D eigenvalue weighted by Gasteiger charge is 2.24. The predicted octanol–water partition coefficient (Wildman–Crippen LogP) is 9.03. The standard InChI is InChI=1S/C31H35F3O/c1-3-4-19-35-29-18-16-26(20-28(29)32)23-12-7-22(8-13-23)9-14-25-15-17-27(31(34)30(25)33)24-10-5-21(2)6-11-24/h7-8,12-13,15-18,20-21,24H,3-6,9-11,14,19H2,1-2H3. The van der Waals surface area contributed by atoms with Gasteiger partial charge in [-0.15, -0.1) is 0 Å². The molecule has 0 heterocycles. The molecular formula is C31H35F3O. The molecule has 3 aromatic rings. The second-order valence-electron chi connectivity index (χ2n) is 9.94. The third-order valence-electron chi connectivity index (χ3n) is 7.31. The van der Waals surface area contributed by atoms with Gasteiger partial charge >= 0.3 is 0 Å². The van der Waals surface area contributed by atoms with Gasteiger partial charge in [0.05, 0.1) is 6.61 Å². The van der Waals surface area contributed by atoms with Crippen LogP contribution in [0.1, 0.15) is 75.0 Å². The SMILES string of the molecule is CCCCOc1ccc(-c2ccc(CCc3ccc(C4CCC(C)CC4)c(F)c3F)cc2)cc1F. The molecule has 0 aromatic heterocycles. The number of aryl methyl sites for hydroxylation is 2. The maximum absolute atomic E-state index is 14.8. The number of halogens is 3. The van der Waals surface area contributed by atoms with Gasteiger partial charge in [0.1, 0.15) is 0 Å². The van der Waals surface area contributed by atoms with Gasteiger partial charge in [-0.2, -0.15) is 0 Å². The molecule has 186 valence electrons. The lowest BCUT2D eigenvalue weighted by Gasteiger charge is -2.27. The van der Waals surface area contributed by atoms with Crippen molar-refractivity contribution in [1.29, 1.82) is 0 Å². The zero-order chi connectivity index (χ0) is 24.8. The van der Waals surface area contributed by atoms with Crippen molar-refractivity contribution >= 4 is 0 Å². The van der Waals surface area contributed by atoms with E-state index in [1.165, 1.54) is 6.07 Å². The average Bonchev–Trinajstić information content (AvgIpc) is 2.87. The van der Waals surface area contributed by atoms with Crippen LogP contribution < -0.4 is 4.74 Å². The van der Waals surface area contributed by atoms with Crippen molar-refractivity contribution in [3.8, 4) is 16.9 Å². The Labute approximate surface area is 207 Å². The monoisotopic (exact) mass is 480 g/mol. The fourth-order valence-electron chi connectivity index (χ4n) is 4.95. The largest absolute Gasteiger partial charge is 0.491 e. The Kier molecular flexibility index (Phi) is 8.54. The summed E-state index contributed by atoms with van der Waals surface area (Å²) in [5, 5.41) is 0. The molecule has 1 aliphatic carbocycles. The van der Waals surface area contributed by atoms with Crippen LogP contribution in [-0.4, -0.2) is 6.61 Å². The summed E-state index contributed by atoms with van der Waals surface area (Å²) in [7, 11) is 0. The summed E-state index contributed by atoms with van der Waals surface area (Å²) >= 11 is 0. The van der Waals surface area contributed by atoms with Gasteiger partial charge in [0.15, 0.2) is 23.2 Å². The molecule has 0 N–H and O–H groups in total. The van der Waals surface area contributed by atoms with Crippen molar-refractivity contribution in [3.63, 3.8) is 0 Å². The lowest BCUT2D eigenvalue weighted by Crippen LogP contribution is -2.13. The highest BCUT2D eigenvalue weighted by Crippen LogP contribution is 2.37. The van der Waals surface area contributed by atoms with Gasteiger partial charge in [-0.25, -0.2) is 13.2 Å². The van der Waals surface area contributed by atoms with Crippen molar-refractivity contribution in [2.24, 2.45) is 5.92 Å². The van der Waals surface area contributed by atoms with E-state index in [-0.39, 0.29) is 17.5 Å². The Morgan fingerprint density at radius 3 is 2.20 bits per heavy atom. The van der Waals surface area contributed by atoms with Gasteiger partial charge in [0.25, 0.3) is 0 Å². The third kappa shape index (κ3) is 6.28. The van der Waals surface area contributed by atoms with E-state index in [1.807, 2.05) is 30.3 Å². The fraction of sp³-hybridized carbons (Fsp3) is 0.419. The lowest BCUT2D eigenvalue weighted by atomic mass is 9.79. The molecule has 4 heteroatoms. The third-order valence-corrected chi connectivity index (χ3v) is 7.31. The molecule has 0 atom stereocenters. The molecule has 1 nitrogen and oxygen atoms in total. The molecule has 0 bridgehead atoms. The summed E-state index contributed by atoms with van der Waals surface area (Å²) in [6, 6.07) is 16.4. The summed E-state index contributed by atoms with van der Waals surface area (Å²) in [5.74, 6) is -0.656. The molecular weight excluding hydrogens is 445 g/mol. The van der Waals surface area contributed by atoms with Crippen LogP contribution >= 0.6 is 0 Å². The summed E-state index contributed by atoms with van der Waals surface area (Å²) in [6.07, 6.45) is 6.95. The number of hydrogen-bond donors (Lipinski definition) is 0. The molecule has 1 aliphatic rings. The van der Waals surface area contributed by atoms with Gasteiger partial charge in [-0.1, -0.05) is 75.6 Å². The molecule has 0 saturated heterocycles. The Balaban J connectivity index is 1.38. The van der Waals surface area contributed by atoms with E-state index in [0.29, 0.717) is 36.5 Å². The quantitative estimate of drug-likeness (QED) is 0.278. The number of hydrogen-bond acceptors (Lipinski definition) is 1. The van der Waals surface area contributed by atoms with E-state index in [2.05, 4.69) is 13.8 Å². The molecule has 1 fully saturated rings. The van der Waals surface area contributed by atoms with E-state index in [1.54, 1.807) is 18.2 Å². The van der Waals surface area contributed by atoms with E-state index >= 15 is 0 Å². The lowest BCUT2D eigenvalue weighted by molar-refractivity contribution is 0.294. The first kappa shape index (κ1) is 25.3. The molecule has 0 spiro atoms. The molecule has 1 saturated carbocycles.